The Balaban J connectivity index is 2.40. The van der Waals surface area contributed by atoms with E-state index >= 15 is 0 Å². The summed E-state index contributed by atoms with van der Waals surface area (Å²) in [5.41, 5.74) is 0. The predicted octanol–water partition coefficient (Wildman–Crippen LogP) is 1.11. The van der Waals surface area contributed by atoms with Crippen LogP contribution >= 0.6 is 11.8 Å². The Morgan fingerprint density at radius 1 is 1.47 bits per heavy atom. The van der Waals surface area contributed by atoms with Crippen LogP contribution < -0.4 is 5.32 Å². The molecule has 0 aliphatic carbocycles. The molecule has 0 saturated carbocycles. The van der Waals surface area contributed by atoms with Gasteiger partial charge in [-0.15, -0.1) is 11.8 Å². The molecule has 1 fully saturated rings. The SMILES string of the molecule is O=C(O)[C@@H]1CSCN1C(=O)NCCC(F)(F)F. The lowest BCUT2D eigenvalue weighted by molar-refractivity contribution is -0.141. The standard InChI is InChI=1S/C8H11F3N2O3S/c9-8(10,11)1-2-12-7(16)13-4-17-3-5(13)6(14)15/h5H,1-4H2,(H,12,16)(H,14,15)/t5-/m0/s1. The van der Waals surface area contributed by atoms with E-state index in [1.807, 2.05) is 0 Å². The van der Waals surface area contributed by atoms with Crippen LogP contribution in [0.5, 0.6) is 0 Å². The van der Waals surface area contributed by atoms with Crippen LogP contribution in [-0.4, -0.2) is 52.4 Å². The summed E-state index contributed by atoms with van der Waals surface area (Å²) in [7, 11) is 0. The van der Waals surface area contributed by atoms with Crippen molar-refractivity contribution >= 4 is 23.8 Å². The van der Waals surface area contributed by atoms with Crippen LogP contribution in [0.3, 0.4) is 0 Å². The fraction of sp³-hybridized carbons (Fsp3) is 0.750. The number of rotatable bonds is 3. The Kier molecular flexibility index (Phi) is 4.49. The third-order valence-electron chi connectivity index (χ3n) is 2.11. The van der Waals surface area contributed by atoms with E-state index in [0.717, 1.165) is 4.90 Å². The van der Waals surface area contributed by atoms with Gasteiger partial charge in [-0.3, -0.25) is 0 Å². The lowest BCUT2D eigenvalue weighted by Gasteiger charge is -2.21. The number of halogens is 3. The van der Waals surface area contributed by atoms with Crippen molar-refractivity contribution in [2.45, 2.75) is 18.6 Å². The van der Waals surface area contributed by atoms with Gasteiger partial charge in [-0.1, -0.05) is 0 Å². The summed E-state index contributed by atoms with van der Waals surface area (Å²) >= 11 is 1.25. The van der Waals surface area contributed by atoms with Gasteiger partial charge in [-0.05, 0) is 0 Å². The molecule has 1 saturated heterocycles. The lowest BCUT2D eigenvalue weighted by atomic mass is 10.3. The van der Waals surface area contributed by atoms with E-state index in [1.54, 1.807) is 0 Å². The second-order valence-electron chi connectivity index (χ2n) is 3.42. The van der Waals surface area contributed by atoms with Gasteiger partial charge in [0.05, 0.1) is 12.3 Å². The van der Waals surface area contributed by atoms with E-state index in [-0.39, 0.29) is 11.6 Å². The van der Waals surface area contributed by atoms with Crippen molar-refractivity contribution in [1.82, 2.24) is 10.2 Å². The van der Waals surface area contributed by atoms with Gasteiger partial charge in [0.25, 0.3) is 0 Å². The van der Waals surface area contributed by atoms with Crippen LogP contribution in [0.4, 0.5) is 18.0 Å². The highest BCUT2D eigenvalue weighted by Crippen LogP contribution is 2.21. The number of hydrogen-bond acceptors (Lipinski definition) is 3. The summed E-state index contributed by atoms with van der Waals surface area (Å²) in [5, 5.41) is 10.8. The van der Waals surface area contributed by atoms with Gasteiger partial charge in [0.15, 0.2) is 0 Å². The molecule has 0 unspecified atom stereocenters. The van der Waals surface area contributed by atoms with Gasteiger partial charge >= 0.3 is 18.2 Å². The first-order valence-electron chi connectivity index (χ1n) is 4.73. The van der Waals surface area contributed by atoms with Crippen LogP contribution in [-0.2, 0) is 4.79 Å². The predicted molar refractivity (Wildman–Crippen MR) is 54.7 cm³/mol. The zero-order valence-electron chi connectivity index (χ0n) is 8.66. The molecular weight excluding hydrogens is 261 g/mol. The van der Waals surface area contributed by atoms with Gasteiger partial charge in [0.1, 0.15) is 6.04 Å². The van der Waals surface area contributed by atoms with Crippen molar-refractivity contribution in [1.29, 1.82) is 0 Å². The molecule has 0 spiro atoms. The number of nitrogens with zero attached hydrogens (tertiary/aromatic N) is 1. The molecule has 0 radical (unpaired) electrons. The van der Waals surface area contributed by atoms with E-state index in [9.17, 15) is 22.8 Å². The largest absolute Gasteiger partial charge is 0.480 e. The number of amides is 2. The first kappa shape index (κ1) is 13.9. The van der Waals surface area contributed by atoms with Crippen molar-refractivity contribution in [2.75, 3.05) is 18.2 Å². The van der Waals surface area contributed by atoms with Gasteiger partial charge in [-0.2, -0.15) is 13.2 Å². The minimum atomic E-state index is -4.33. The molecule has 0 aromatic rings. The Morgan fingerprint density at radius 3 is 2.65 bits per heavy atom. The number of carboxylic acid groups (broad SMARTS) is 1. The molecule has 9 heteroatoms. The molecule has 1 heterocycles. The third kappa shape index (κ3) is 4.33. The summed E-state index contributed by atoms with van der Waals surface area (Å²) in [5.74, 6) is -0.724. The van der Waals surface area contributed by atoms with Gasteiger partial charge in [-0.25, -0.2) is 9.59 Å². The minimum absolute atomic E-state index is 0.175. The molecule has 2 N–H and O–H groups in total. The highest BCUT2D eigenvalue weighted by molar-refractivity contribution is 7.99. The minimum Gasteiger partial charge on any atom is -0.480 e. The number of carbonyl (C=O) groups excluding carboxylic acids is 1. The molecule has 0 bridgehead atoms. The average molecular weight is 272 g/mol. The maximum atomic E-state index is 11.8. The molecule has 0 aromatic carbocycles. The van der Waals surface area contributed by atoms with E-state index in [1.165, 1.54) is 11.8 Å². The number of urea groups is 1. The van der Waals surface area contributed by atoms with Crippen molar-refractivity contribution < 1.29 is 27.9 Å². The number of carbonyl (C=O) groups is 2. The molecule has 1 rings (SSSR count). The van der Waals surface area contributed by atoms with E-state index < -0.39 is 37.2 Å². The summed E-state index contributed by atoms with van der Waals surface area (Å²) < 4.78 is 35.5. The molecule has 2 amide bonds. The zero-order chi connectivity index (χ0) is 13.1. The van der Waals surface area contributed by atoms with Gasteiger partial charge in [0, 0.05) is 12.3 Å². The number of hydrogen-bond donors (Lipinski definition) is 2. The third-order valence-corrected chi connectivity index (χ3v) is 3.13. The van der Waals surface area contributed by atoms with Crippen LogP contribution in [0.15, 0.2) is 0 Å². The van der Waals surface area contributed by atoms with Gasteiger partial charge < -0.3 is 15.3 Å². The number of carboxylic acids is 1. The second-order valence-corrected chi connectivity index (χ2v) is 4.42. The molecular formula is C8H11F3N2O3S. The summed E-state index contributed by atoms with van der Waals surface area (Å²) in [4.78, 5) is 23.2. The van der Waals surface area contributed by atoms with Crippen molar-refractivity contribution in [3.8, 4) is 0 Å². The van der Waals surface area contributed by atoms with Gasteiger partial charge in [0.2, 0.25) is 0 Å². The topological polar surface area (TPSA) is 69.6 Å². The Hall–Kier alpha value is -1.12. The fourth-order valence-corrected chi connectivity index (χ4v) is 2.41. The van der Waals surface area contributed by atoms with Crippen LogP contribution in [0, 0.1) is 0 Å². The zero-order valence-corrected chi connectivity index (χ0v) is 9.48. The lowest BCUT2D eigenvalue weighted by Crippen LogP contribution is -2.47. The van der Waals surface area contributed by atoms with Crippen molar-refractivity contribution in [3.63, 3.8) is 0 Å². The average Bonchev–Trinajstić information content (AvgIpc) is 2.63. The van der Waals surface area contributed by atoms with E-state index in [2.05, 4.69) is 5.32 Å². The number of aliphatic carboxylic acids is 1. The second kappa shape index (κ2) is 5.48. The van der Waals surface area contributed by atoms with Crippen LogP contribution in [0.2, 0.25) is 0 Å². The molecule has 1 aliphatic rings. The molecule has 5 nitrogen and oxygen atoms in total. The van der Waals surface area contributed by atoms with Crippen molar-refractivity contribution in [3.05, 3.63) is 0 Å². The molecule has 1 atom stereocenters. The Bertz CT molecular complexity index is 311. The number of thioether (sulfide) groups is 1. The van der Waals surface area contributed by atoms with Crippen LogP contribution in [0.25, 0.3) is 0 Å². The summed E-state index contributed by atoms with van der Waals surface area (Å²) in [6, 6.07) is -1.74. The summed E-state index contributed by atoms with van der Waals surface area (Å²) in [6.07, 6.45) is -5.46. The Labute approximate surface area is 99.3 Å². The first-order chi connectivity index (χ1) is 7.81. The normalized spacial score (nSPS) is 20.4. The number of nitrogens with one attached hydrogen (secondary N) is 1. The first-order valence-corrected chi connectivity index (χ1v) is 5.88. The quantitative estimate of drug-likeness (QED) is 0.807. The monoisotopic (exact) mass is 272 g/mol. The van der Waals surface area contributed by atoms with E-state index in [0.29, 0.717) is 0 Å². The Morgan fingerprint density at radius 2 is 2.12 bits per heavy atom. The maximum absolute atomic E-state index is 11.8. The smallest absolute Gasteiger partial charge is 0.390 e. The van der Waals surface area contributed by atoms with Crippen molar-refractivity contribution in [2.24, 2.45) is 0 Å². The van der Waals surface area contributed by atoms with E-state index in [4.69, 9.17) is 5.11 Å². The molecule has 0 aromatic heterocycles. The molecule has 17 heavy (non-hydrogen) atoms. The highest BCUT2D eigenvalue weighted by atomic mass is 32.2. The maximum Gasteiger partial charge on any atom is 0.390 e. The number of alkyl halides is 3. The molecule has 1 aliphatic heterocycles. The fourth-order valence-electron chi connectivity index (χ4n) is 1.26. The highest BCUT2D eigenvalue weighted by Gasteiger charge is 2.35. The van der Waals surface area contributed by atoms with Crippen LogP contribution in [0.1, 0.15) is 6.42 Å². The molecule has 98 valence electrons. The summed E-state index contributed by atoms with van der Waals surface area (Å²) in [6.45, 7) is -0.546.